The molecule has 0 atom stereocenters. The zero-order valence-corrected chi connectivity index (χ0v) is 17.7. The molecule has 3 rings (SSSR count). The molecule has 152 valence electrons. The first-order valence-electron chi connectivity index (χ1n) is 8.90. The van der Waals surface area contributed by atoms with Crippen molar-refractivity contribution in [3.63, 3.8) is 0 Å². The lowest BCUT2D eigenvalue weighted by Gasteiger charge is -2.26. The van der Waals surface area contributed by atoms with Gasteiger partial charge in [0.1, 0.15) is 0 Å². The van der Waals surface area contributed by atoms with Gasteiger partial charge in [0.25, 0.3) is 10.0 Å². The first-order valence-corrected chi connectivity index (χ1v) is 11.8. The number of rotatable bonds is 5. The number of benzene rings is 2. The predicted octanol–water partition coefficient (Wildman–Crippen LogP) is 2.43. The molecule has 1 fully saturated rings. The molecule has 0 radical (unpaired) electrons. The van der Waals surface area contributed by atoms with Crippen molar-refractivity contribution in [2.45, 2.75) is 30.6 Å². The Hall–Kier alpha value is -1.94. The van der Waals surface area contributed by atoms with Crippen molar-refractivity contribution < 1.29 is 21.6 Å². The van der Waals surface area contributed by atoms with Crippen molar-refractivity contribution >= 4 is 25.7 Å². The van der Waals surface area contributed by atoms with Crippen LogP contribution in [0.3, 0.4) is 0 Å². The molecule has 1 saturated heterocycles. The Morgan fingerprint density at radius 1 is 0.893 bits per heavy atom. The van der Waals surface area contributed by atoms with Gasteiger partial charge in [-0.25, -0.2) is 16.8 Å². The van der Waals surface area contributed by atoms with Gasteiger partial charge in [-0.1, -0.05) is 17.7 Å². The maximum Gasteiger partial charge on any atom is 0.262 e. The summed E-state index contributed by atoms with van der Waals surface area (Å²) in [5.41, 5.74) is 2.62. The molecule has 0 amide bonds. The van der Waals surface area contributed by atoms with Crippen LogP contribution in [0, 0.1) is 20.8 Å². The van der Waals surface area contributed by atoms with Crippen molar-refractivity contribution in [1.82, 2.24) is 4.31 Å². The summed E-state index contributed by atoms with van der Waals surface area (Å²) in [6, 6.07) is 9.39. The van der Waals surface area contributed by atoms with Gasteiger partial charge in [-0.15, -0.1) is 0 Å². The smallest absolute Gasteiger partial charge is 0.262 e. The van der Waals surface area contributed by atoms with Crippen molar-refractivity contribution in [2.24, 2.45) is 0 Å². The number of ether oxygens (including phenoxy) is 1. The van der Waals surface area contributed by atoms with Crippen LogP contribution in [0.2, 0.25) is 0 Å². The third kappa shape index (κ3) is 4.22. The molecule has 1 heterocycles. The monoisotopic (exact) mass is 424 g/mol. The highest BCUT2D eigenvalue weighted by atomic mass is 32.2. The fourth-order valence-electron chi connectivity index (χ4n) is 3.43. The largest absolute Gasteiger partial charge is 0.379 e. The van der Waals surface area contributed by atoms with Gasteiger partial charge >= 0.3 is 0 Å². The Bertz CT molecular complexity index is 1050. The molecule has 28 heavy (non-hydrogen) atoms. The summed E-state index contributed by atoms with van der Waals surface area (Å²) >= 11 is 0. The summed E-state index contributed by atoms with van der Waals surface area (Å²) in [6.45, 7) is 6.78. The normalized spacial score (nSPS) is 16.1. The van der Waals surface area contributed by atoms with E-state index >= 15 is 0 Å². The quantitative estimate of drug-likeness (QED) is 0.796. The highest BCUT2D eigenvalue weighted by Gasteiger charge is 2.26. The van der Waals surface area contributed by atoms with E-state index in [2.05, 4.69) is 4.72 Å². The van der Waals surface area contributed by atoms with Crippen molar-refractivity contribution in [3.8, 4) is 0 Å². The van der Waals surface area contributed by atoms with Crippen LogP contribution in [0.1, 0.15) is 16.7 Å². The van der Waals surface area contributed by atoms with Gasteiger partial charge in [0, 0.05) is 18.8 Å². The third-order valence-electron chi connectivity index (χ3n) is 4.59. The van der Waals surface area contributed by atoms with Gasteiger partial charge in [-0.2, -0.15) is 4.31 Å². The highest BCUT2D eigenvalue weighted by Crippen LogP contribution is 2.25. The number of nitrogens with zero attached hydrogens (tertiary/aromatic N) is 1. The summed E-state index contributed by atoms with van der Waals surface area (Å²) in [5, 5.41) is 0. The second-order valence-electron chi connectivity index (χ2n) is 6.87. The van der Waals surface area contributed by atoms with Crippen LogP contribution < -0.4 is 4.72 Å². The third-order valence-corrected chi connectivity index (χ3v) is 8.19. The van der Waals surface area contributed by atoms with Crippen molar-refractivity contribution in [3.05, 3.63) is 53.1 Å². The van der Waals surface area contributed by atoms with Crippen LogP contribution in [-0.2, 0) is 24.8 Å². The summed E-state index contributed by atoms with van der Waals surface area (Å²) in [5.74, 6) is 0. The fourth-order valence-corrected chi connectivity index (χ4v) is 6.35. The number of anilines is 1. The Morgan fingerprint density at radius 2 is 1.43 bits per heavy atom. The average molecular weight is 425 g/mol. The molecule has 0 aliphatic carbocycles. The van der Waals surface area contributed by atoms with Gasteiger partial charge in [0.05, 0.1) is 23.0 Å². The minimum atomic E-state index is -3.79. The number of nitrogens with one attached hydrogen (secondary N) is 1. The highest BCUT2D eigenvalue weighted by molar-refractivity contribution is 7.92. The number of aryl methyl sites for hydroxylation is 3. The fraction of sp³-hybridized carbons (Fsp3) is 0.368. The minimum Gasteiger partial charge on any atom is -0.379 e. The molecule has 1 aliphatic heterocycles. The van der Waals surface area contributed by atoms with Crippen LogP contribution >= 0.6 is 0 Å². The lowest BCUT2D eigenvalue weighted by Crippen LogP contribution is -2.40. The molecule has 7 nitrogen and oxygen atoms in total. The number of sulfonamides is 2. The first kappa shape index (κ1) is 20.8. The summed E-state index contributed by atoms with van der Waals surface area (Å²) in [7, 11) is -7.40. The maximum atomic E-state index is 12.8. The van der Waals surface area contributed by atoms with Gasteiger partial charge in [-0.05, 0) is 56.2 Å². The molecule has 9 heteroatoms. The SMILES string of the molecule is Cc1cc(C)c(S(=O)(=O)Nc2ccc(S(=O)(=O)N3CCOCC3)cc2)c(C)c1. The van der Waals surface area contributed by atoms with Crippen LogP contribution in [-0.4, -0.2) is 47.4 Å². The molecular weight excluding hydrogens is 400 g/mol. The summed E-state index contributed by atoms with van der Waals surface area (Å²) in [4.78, 5) is 0.364. The van der Waals surface area contributed by atoms with Crippen LogP contribution in [0.15, 0.2) is 46.2 Å². The topological polar surface area (TPSA) is 92.8 Å². The molecule has 2 aromatic carbocycles. The molecule has 0 spiro atoms. The Balaban J connectivity index is 1.84. The lowest BCUT2D eigenvalue weighted by atomic mass is 10.1. The molecule has 2 aromatic rings. The van der Waals surface area contributed by atoms with Gasteiger partial charge in [0.2, 0.25) is 10.0 Å². The van der Waals surface area contributed by atoms with E-state index in [1.165, 1.54) is 28.6 Å². The van der Waals surface area contributed by atoms with Crippen molar-refractivity contribution in [1.29, 1.82) is 0 Å². The number of hydrogen-bond acceptors (Lipinski definition) is 5. The van der Waals surface area contributed by atoms with E-state index in [4.69, 9.17) is 4.74 Å². The second-order valence-corrected chi connectivity index (χ2v) is 10.4. The molecule has 0 saturated carbocycles. The van der Waals surface area contributed by atoms with Crippen molar-refractivity contribution in [2.75, 3.05) is 31.0 Å². The molecule has 1 N–H and O–H groups in total. The van der Waals surface area contributed by atoms with Gasteiger partial charge < -0.3 is 4.74 Å². The summed E-state index contributed by atoms with van der Waals surface area (Å²) in [6.07, 6.45) is 0. The van der Waals surface area contributed by atoms with E-state index in [1.54, 1.807) is 13.8 Å². The predicted molar refractivity (Wildman–Crippen MR) is 107 cm³/mol. The standard InChI is InChI=1S/C19H24N2O5S2/c1-14-12-15(2)19(16(3)13-14)27(22,23)20-17-4-6-18(7-5-17)28(24,25)21-8-10-26-11-9-21/h4-7,12-13,20H,8-11H2,1-3H3. The van der Waals surface area contributed by atoms with E-state index in [-0.39, 0.29) is 9.79 Å². The van der Waals surface area contributed by atoms with E-state index in [0.717, 1.165) is 5.56 Å². The zero-order chi connectivity index (χ0) is 20.5. The second kappa shape index (κ2) is 7.82. The molecule has 0 unspecified atom stereocenters. The first-order chi connectivity index (χ1) is 13.1. The Labute approximate surface area is 166 Å². The molecule has 0 aromatic heterocycles. The van der Waals surface area contributed by atoms with E-state index < -0.39 is 20.0 Å². The lowest BCUT2D eigenvalue weighted by molar-refractivity contribution is 0.0730. The van der Waals surface area contributed by atoms with Crippen LogP contribution in [0.5, 0.6) is 0 Å². The average Bonchev–Trinajstić information content (AvgIpc) is 2.61. The van der Waals surface area contributed by atoms with E-state index in [9.17, 15) is 16.8 Å². The zero-order valence-electron chi connectivity index (χ0n) is 16.1. The molecule has 1 aliphatic rings. The Kier molecular flexibility index (Phi) is 5.81. The molecular formula is C19H24N2O5S2. The summed E-state index contributed by atoms with van der Waals surface area (Å²) < 4.78 is 60.1. The minimum absolute atomic E-state index is 0.125. The van der Waals surface area contributed by atoms with Gasteiger partial charge in [0.15, 0.2) is 0 Å². The van der Waals surface area contributed by atoms with Crippen LogP contribution in [0.25, 0.3) is 0 Å². The van der Waals surface area contributed by atoms with E-state index in [1.807, 2.05) is 19.1 Å². The van der Waals surface area contributed by atoms with Gasteiger partial charge in [-0.3, -0.25) is 4.72 Å². The Morgan fingerprint density at radius 3 is 1.96 bits per heavy atom. The molecule has 0 bridgehead atoms. The maximum absolute atomic E-state index is 12.8. The van der Waals surface area contributed by atoms with E-state index in [0.29, 0.717) is 43.1 Å². The number of morpholine rings is 1. The van der Waals surface area contributed by atoms with Crippen LogP contribution in [0.4, 0.5) is 5.69 Å². The number of hydrogen-bond donors (Lipinski definition) is 1.